The standard InChI is InChI=1S/C14H10F2N2O3/c1-8-6-9(15)2-4-11(8)14(19)17-10-3-5-12(16)13(7-10)18(20)21/h2-7H,1H3,(H,17,19). The fourth-order valence-electron chi connectivity index (χ4n) is 1.81. The molecule has 0 saturated heterocycles. The van der Waals surface area contributed by atoms with Crippen LogP contribution in [0, 0.1) is 28.7 Å². The van der Waals surface area contributed by atoms with Crippen molar-refractivity contribution < 1.29 is 18.5 Å². The van der Waals surface area contributed by atoms with Gasteiger partial charge >= 0.3 is 5.69 Å². The van der Waals surface area contributed by atoms with Gasteiger partial charge in [-0.15, -0.1) is 0 Å². The summed E-state index contributed by atoms with van der Waals surface area (Å²) in [6.07, 6.45) is 0. The molecule has 0 atom stereocenters. The summed E-state index contributed by atoms with van der Waals surface area (Å²) in [5.41, 5.74) is -0.00653. The zero-order chi connectivity index (χ0) is 15.6. The number of benzene rings is 2. The molecule has 2 aromatic carbocycles. The van der Waals surface area contributed by atoms with Gasteiger partial charge in [0.15, 0.2) is 0 Å². The summed E-state index contributed by atoms with van der Waals surface area (Å²) in [6, 6.07) is 6.66. The van der Waals surface area contributed by atoms with Crippen molar-refractivity contribution in [3.8, 4) is 0 Å². The molecule has 2 aromatic rings. The molecule has 0 aliphatic carbocycles. The molecule has 0 bridgehead atoms. The molecule has 21 heavy (non-hydrogen) atoms. The minimum absolute atomic E-state index is 0.0804. The Balaban J connectivity index is 2.27. The number of nitro groups is 1. The molecule has 0 aliphatic heterocycles. The lowest BCUT2D eigenvalue weighted by Gasteiger charge is -2.08. The molecule has 5 nitrogen and oxygen atoms in total. The fraction of sp³-hybridized carbons (Fsp3) is 0.0714. The number of nitro benzene ring substituents is 1. The molecule has 0 radical (unpaired) electrons. The predicted molar refractivity (Wildman–Crippen MR) is 72.1 cm³/mol. The number of aryl methyl sites for hydroxylation is 1. The van der Waals surface area contributed by atoms with Crippen LogP contribution in [0.4, 0.5) is 20.2 Å². The molecule has 0 unspecified atom stereocenters. The van der Waals surface area contributed by atoms with E-state index in [1.54, 1.807) is 6.92 Å². The zero-order valence-corrected chi connectivity index (χ0v) is 10.9. The van der Waals surface area contributed by atoms with Gasteiger partial charge in [-0.1, -0.05) is 0 Å². The third-order valence-electron chi connectivity index (χ3n) is 2.83. The highest BCUT2D eigenvalue weighted by Gasteiger charge is 2.16. The normalized spacial score (nSPS) is 10.2. The van der Waals surface area contributed by atoms with Crippen LogP contribution in [0.15, 0.2) is 36.4 Å². The molecule has 108 valence electrons. The number of hydrogen-bond acceptors (Lipinski definition) is 3. The second-order valence-electron chi connectivity index (χ2n) is 4.34. The summed E-state index contributed by atoms with van der Waals surface area (Å²) >= 11 is 0. The summed E-state index contributed by atoms with van der Waals surface area (Å²) in [6.45, 7) is 1.56. The van der Waals surface area contributed by atoms with Gasteiger partial charge in [0.2, 0.25) is 5.82 Å². The minimum Gasteiger partial charge on any atom is -0.322 e. The van der Waals surface area contributed by atoms with E-state index in [1.807, 2.05) is 0 Å². The molecule has 0 aromatic heterocycles. The highest BCUT2D eigenvalue weighted by Crippen LogP contribution is 2.22. The van der Waals surface area contributed by atoms with Gasteiger partial charge in [-0.3, -0.25) is 14.9 Å². The largest absolute Gasteiger partial charge is 0.322 e. The average Bonchev–Trinajstić information content (AvgIpc) is 2.40. The molecule has 2 rings (SSSR count). The summed E-state index contributed by atoms with van der Waals surface area (Å²) in [5, 5.41) is 13.0. The first-order chi connectivity index (χ1) is 9.88. The highest BCUT2D eigenvalue weighted by molar-refractivity contribution is 6.05. The molecule has 1 amide bonds. The number of nitrogens with one attached hydrogen (secondary N) is 1. The van der Waals surface area contributed by atoms with Crippen LogP contribution in [-0.2, 0) is 0 Å². The van der Waals surface area contributed by atoms with Crippen molar-refractivity contribution in [3.05, 3.63) is 69.3 Å². The van der Waals surface area contributed by atoms with Crippen molar-refractivity contribution in [2.75, 3.05) is 5.32 Å². The van der Waals surface area contributed by atoms with E-state index in [0.29, 0.717) is 5.56 Å². The average molecular weight is 292 g/mol. The fourth-order valence-corrected chi connectivity index (χ4v) is 1.81. The maximum absolute atomic E-state index is 13.2. The third kappa shape index (κ3) is 3.19. The van der Waals surface area contributed by atoms with Gasteiger partial charge in [-0.05, 0) is 42.8 Å². The van der Waals surface area contributed by atoms with Crippen LogP contribution in [0.3, 0.4) is 0 Å². The number of rotatable bonds is 3. The Labute approximate surface area is 118 Å². The van der Waals surface area contributed by atoms with E-state index in [0.717, 1.165) is 18.2 Å². The first kappa shape index (κ1) is 14.6. The molecular formula is C14H10F2N2O3. The Bertz CT molecular complexity index is 732. The molecule has 7 heteroatoms. The highest BCUT2D eigenvalue weighted by atomic mass is 19.1. The maximum atomic E-state index is 13.2. The zero-order valence-electron chi connectivity index (χ0n) is 10.9. The summed E-state index contributed by atoms with van der Waals surface area (Å²) < 4.78 is 26.2. The van der Waals surface area contributed by atoms with E-state index in [1.165, 1.54) is 18.2 Å². The number of halogens is 2. The first-order valence-corrected chi connectivity index (χ1v) is 5.90. The van der Waals surface area contributed by atoms with Crippen LogP contribution in [0.2, 0.25) is 0 Å². The third-order valence-corrected chi connectivity index (χ3v) is 2.83. The Morgan fingerprint density at radius 1 is 1.19 bits per heavy atom. The predicted octanol–water partition coefficient (Wildman–Crippen LogP) is 3.43. The van der Waals surface area contributed by atoms with Gasteiger partial charge in [0.1, 0.15) is 5.82 Å². The number of anilines is 1. The van der Waals surface area contributed by atoms with Crippen molar-refractivity contribution in [2.45, 2.75) is 6.92 Å². The van der Waals surface area contributed by atoms with E-state index in [-0.39, 0.29) is 11.3 Å². The summed E-state index contributed by atoms with van der Waals surface area (Å²) in [7, 11) is 0. The van der Waals surface area contributed by atoms with Gasteiger partial charge in [-0.25, -0.2) is 4.39 Å². The minimum atomic E-state index is -0.990. The lowest BCUT2D eigenvalue weighted by molar-refractivity contribution is -0.387. The van der Waals surface area contributed by atoms with Gasteiger partial charge in [0, 0.05) is 17.3 Å². The number of hydrogen-bond donors (Lipinski definition) is 1. The Morgan fingerprint density at radius 3 is 2.52 bits per heavy atom. The van der Waals surface area contributed by atoms with Crippen LogP contribution < -0.4 is 5.32 Å². The van der Waals surface area contributed by atoms with Gasteiger partial charge in [-0.2, -0.15) is 4.39 Å². The molecule has 0 fully saturated rings. The van der Waals surface area contributed by atoms with E-state index < -0.39 is 28.2 Å². The van der Waals surface area contributed by atoms with Gasteiger partial charge in [0.05, 0.1) is 4.92 Å². The number of carbonyl (C=O) groups excluding carboxylic acids is 1. The lowest BCUT2D eigenvalue weighted by Crippen LogP contribution is -2.13. The van der Waals surface area contributed by atoms with E-state index in [9.17, 15) is 23.7 Å². The maximum Gasteiger partial charge on any atom is 0.306 e. The van der Waals surface area contributed by atoms with Crippen molar-refractivity contribution in [3.63, 3.8) is 0 Å². The summed E-state index contributed by atoms with van der Waals surface area (Å²) in [5.74, 6) is -2.02. The first-order valence-electron chi connectivity index (χ1n) is 5.90. The number of nitrogens with zero attached hydrogens (tertiary/aromatic N) is 1. The molecule has 0 heterocycles. The van der Waals surface area contributed by atoms with Crippen LogP contribution in [0.25, 0.3) is 0 Å². The Kier molecular flexibility index (Phi) is 3.93. The molecule has 1 N–H and O–H groups in total. The smallest absolute Gasteiger partial charge is 0.306 e. The van der Waals surface area contributed by atoms with E-state index >= 15 is 0 Å². The van der Waals surface area contributed by atoms with Crippen LogP contribution in [-0.4, -0.2) is 10.8 Å². The quantitative estimate of drug-likeness (QED) is 0.695. The molecule has 0 aliphatic rings. The van der Waals surface area contributed by atoms with E-state index in [4.69, 9.17) is 0 Å². The molecular weight excluding hydrogens is 282 g/mol. The van der Waals surface area contributed by atoms with Crippen LogP contribution in [0.1, 0.15) is 15.9 Å². The van der Waals surface area contributed by atoms with Gasteiger partial charge in [0.25, 0.3) is 5.91 Å². The van der Waals surface area contributed by atoms with Crippen molar-refractivity contribution in [1.82, 2.24) is 0 Å². The second-order valence-corrected chi connectivity index (χ2v) is 4.34. The monoisotopic (exact) mass is 292 g/mol. The Morgan fingerprint density at radius 2 is 1.90 bits per heavy atom. The van der Waals surface area contributed by atoms with Crippen LogP contribution in [0.5, 0.6) is 0 Å². The number of carbonyl (C=O) groups is 1. The summed E-state index contributed by atoms with van der Waals surface area (Å²) in [4.78, 5) is 21.8. The lowest BCUT2D eigenvalue weighted by atomic mass is 10.1. The van der Waals surface area contributed by atoms with Crippen molar-refractivity contribution in [2.24, 2.45) is 0 Å². The van der Waals surface area contributed by atoms with Gasteiger partial charge < -0.3 is 5.32 Å². The SMILES string of the molecule is Cc1cc(F)ccc1C(=O)Nc1ccc(F)c([N+](=O)[O-])c1. The number of amides is 1. The molecule has 0 saturated carbocycles. The van der Waals surface area contributed by atoms with E-state index in [2.05, 4.69) is 5.32 Å². The Hall–Kier alpha value is -2.83. The molecule has 0 spiro atoms. The van der Waals surface area contributed by atoms with Crippen molar-refractivity contribution in [1.29, 1.82) is 0 Å². The topological polar surface area (TPSA) is 72.2 Å². The van der Waals surface area contributed by atoms with Crippen molar-refractivity contribution >= 4 is 17.3 Å². The second kappa shape index (κ2) is 5.66. The van der Waals surface area contributed by atoms with Crippen LogP contribution >= 0.6 is 0 Å².